The summed E-state index contributed by atoms with van der Waals surface area (Å²) in [6, 6.07) is 7.38. The molecule has 8 heteroatoms. The summed E-state index contributed by atoms with van der Waals surface area (Å²) in [7, 11) is 3.74. The number of piperidine rings is 1. The molecule has 1 aliphatic heterocycles. The van der Waals surface area contributed by atoms with Gasteiger partial charge in [0.1, 0.15) is 5.82 Å². The summed E-state index contributed by atoms with van der Waals surface area (Å²) in [5.74, 6) is 0.485. The van der Waals surface area contributed by atoms with Gasteiger partial charge in [-0.25, -0.2) is 14.4 Å². The Morgan fingerprint density at radius 3 is 2.80 bits per heavy atom. The number of likely N-dealkylation sites (tertiary alicyclic amines) is 1. The zero-order valence-electron chi connectivity index (χ0n) is 17.3. The van der Waals surface area contributed by atoms with Crippen LogP contribution in [-0.2, 0) is 0 Å². The third-order valence-electron chi connectivity index (χ3n) is 5.25. The van der Waals surface area contributed by atoms with Crippen LogP contribution in [0.2, 0.25) is 0 Å². The standard InChI is InChI=1S/C22H24FN5O2/c1-14-11-19(30-26-14)17-13-24-22(27(2)3)25-20(17)18-9-4-5-10-28(18)21(29)15-7-6-8-16(23)12-15/h6-8,11-13,18H,4-5,9-10H2,1-3H3/t18-/m0/s1. The minimum absolute atomic E-state index is 0.205. The van der Waals surface area contributed by atoms with Crippen molar-refractivity contribution >= 4 is 11.9 Å². The van der Waals surface area contributed by atoms with Crippen molar-refractivity contribution in [1.82, 2.24) is 20.0 Å². The molecule has 7 nitrogen and oxygen atoms in total. The Labute approximate surface area is 174 Å². The lowest BCUT2D eigenvalue weighted by Crippen LogP contribution is -2.39. The highest BCUT2D eigenvalue weighted by atomic mass is 19.1. The van der Waals surface area contributed by atoms with E-state index < -0.39 is 5.82 Å². The van der Waals surface area contributed by atoms with Crippen LogP contribution >= 0.6 is 0 Å². The number of carbonyl (C=O) groups is 1. The second kappa shape index (κ2) is 8.22. The van der Waals surface area contributed by atoms with Gasteiger partial charge in [-0.3, -0.25) is 4.79 Å². The number of anilines is 1. The first kappa shape index (κ1) is 20.0. The van der Waals surface area contributed by atoms with Gasteiger partial charge in [-0.1, -0.05) is 11.2 Å². The van der Waals surface area contributed by atoms with Crippen LogP contribution in [0, 0.1) is 12.7 Å². The van der Waals surface area contributed by atoms with Crippen molar-refractivity contribution in [1.29, 1.82) is 0 Å². The number of aromatic nitrogens is 3. The van der Waals surface area contributed by atoms with Gasteiger partial charge < -0.3 is 14.3 Å². The van der Waals surface area contributed by atoms with E-state index in [-0.39, 0.29) is 11.9 Å². The van der Waals surface area contributed by atoms with Gasteiger partial charge in [0.15, 0.2) is 5.76 Å². The number of nitrogens with zero attached hydrogens (tertiary/aromatic N) is 5. The Morgan fingerprint density at radius 1 is 1.27 bits per heavy atom. The number of hydrogen-bond donors (Lipinski definition) is 0. The third kappa shape index (κ3) is 3.90. The molecule has 0 spiro atoms. The fourth-order valence-corrected chi connectivity index (χ4v) is 3.78. The van der Waals surface area contributed by atoms with E-state index in [4.69, 9.17) is 9.51 Å². The average Bonchev–Trinajstić information content (AvgIpc) is 3.19. The highest BCUT2D eigenvalue weighted by Crippen LogP contribution is 2.37. The second-order valence-electron chi connectivity index (χ2n) is 7.72. The molecule has 1 saturated heterocycles. The number of rotatable bonds is 4. The topological polar surface area (TPSA) is 75.4 Å². The number of hydrogen-bond acceptors (Lipinski definition) is 6. The minimum Gasteiger partial charge on any atom is -0.356 e. The van der Waals surface area contributed by atoms with Crippen molar-refractivity contribution in [3.05, 3.63) is 59.3 Å². The van der Waals surface area contributed by atoms with Crippen LogP contribution in [0.1, 0.15) is 47.1 Å². The number of amides is 1. The highest BCUT2D eigenvalue weighted by Gasteiger charge is 2.33. The number of benzene rings is 1. The van der Waals surface area contributed by atoms with Crippen molar-refractivity contribution < 1.29 is 13.7 Å². The molecule has 0 unspecified atom stereocenters. The molecule has 2 aromatic heterocycles. The van der Waals surface area contributed by atoms with Crippen LogP contribution < -0.4 is 4.90 Å². The van der Waals surface area contributed by atoms with Gasteiger partial charge in [-0.05, 0) is 44.4 Å². The summed E-state index contributed by atoms with van der Waals surface area (Å²) >= 11 is 0. The summed E-state index contributed by atoms with van der Waals surface area (Å²) < 4.78 is 19.2. The predicted octanol–water partition coefficient (Wildman–Crippen LogP) is 4.01. The van der Waals surface area contributed by atoms with Crippen LogP contribution in [0.25, 0.3) is 11.3 Å². The molecule has 156 valence electrons. The zero-order valence-corrected chi connectivity index (χ0v) is 17.3. The molecule has 0 radical (unpaired) electrons. The van der Waals surface area contributed by atoms with E-state index in [0.29, 0.717) is 35.1 Å². The maximum absolute atomic E-state index is 13.7. The van der Waals surface area contributed by atoms with Gasteiger partial charge >= 0.3 is 0 Å². The Hall–Kier alpha value is -3.29. The zero-order chi connectivity index (χ0) is 21.3. The van der Waals surface area contributed by atoms with E-state index in [2.05, 4.69) is 10.1 Å². The number of carbonyl (C=O) groups excluding carboxylic acids is 1. The smallest absolute Gasteiger partial charge is 0.254 e. The van der Waals surface area contributed by atoms with Crippen LogP contribution in [0.4, 0.5) is 10.3 Å². The molecular weight excluding hydrogens is 385 g/mol. The van der Waals surface area contributed by atoms with Crippen LogP contribution in [0.15, 0.2) is 41.1 Å². The number of halogens is 1. The third-order valence-corrected chi connectivity index (χ3v) is 5.25. The summed E-state index contributed by atoms with van der Waals surface area (Å²) in [4.78, 5) is 26.1. The molecule has 0 N–H and O–H groups in total. The highest BCUT2D eigenvalue weighted by molar-refractivity contribution is 5.94. The fourth-order valence-electron chi connectivity index (χ4n) is 3.78. The molecule has 0 aliphatic carbocycles. The molecular formula is C22H24FN5O2. The second-order valence-corrected chi connectivity index (χ2v) is 7.72. The van der Waals surface area contributed by atoms with Gasteiger partial charge in [-0.15, -0.1) is 0 Å². The molecule has 1 aliphatic rings. The Bertz CT molecular complexity index is 1070. The molecule has 1 fully saturated rings. The van der Waals surface area contributed by atoms with E-state index >= 15 is 0 Å². The van der Waals surface area contributed by atoms with E-state index in [1.807, 2.05) is 32.0 Å². The maximum Gasteiger partial charge on any atom is 0.254 e. The van der Waals surface area contributed by atoms with E-state index in [1.54, 1.807) is 23.2 Å². The van der Waals surface area contributed by atoms with Crippen molar-refractivity contribution in [2.75, 3.05) is 25.5 Å². The maximum atomic E-state index is 13.7. The van der Waals surface area contributed by atoms with E-state index in [9.17, 15) is 9.18 Å². The summed E-state index contributed by atoms with van der Waals surface area (Å²) in [6.07, 6.45) is 4.33. The fraction of sp³-hybridized carbons (Fsp3) is 0.364. The molecule has 3 heterocycles. The molecule has 1 amide bonds. The first-order chi connectivity index (χ1) is 14.4. The van der Waals surface area contributed by atoms with Gasteiger partial charge in [0.25, 0.3) is 5.91 Å². The van der Waals surface area contributed by atoms with Crippen molar-refractivity contribution in [2.45, 2.75) is 32.2 Å². The monoisotopic (exact) mass is 409 g/mol. The first-order valence-corrected chi connectivity index (χ1v) is 9.98. The van der Waals surface area contributed by atoms with Gasteiger partial charge in [0, 0.05) is 38.5 Å². The minimum atomic E-state index is -0.427. The van der Waals surface area contributed by atoms with Crippen molar-refractivity contribution in [3.63, 3.8) is 0 Å². The molecule has 1 aromatic carbocycles. The Kier molecular flexibility index (Phi) is 5.48. The molecule has 4 rings (SSSR count). The normalized spacial score (nSPS) is 16.5. The lowest BCUT2D eigenvalue weighted by molar-refractivity contribution is 0.0606. The average molecular weight is 409 g/mol. The molecule has 30 heavy (non-hydrogen) atoms. The lowest BCUT2D eigenvalue weighted by Gasteiger charge is -2.36. The lowest BCUT2D eigenvalue weighted by atomic mass is 9.94. The van der Waals surface area contributed by atoms with Gasteiger partial charge in [-0.2, -0.15) is 0 Å². The summed E-state index contributed by atoms with van der Waals surface area (Å²) in [5, 5.41) is 3.99. The van der Waals surface area contributed by atoms with Gasteiger partial charge in [0.2, 0.25) is 5.95 Å². The van der Waals surface area contributed by atoms with Crippen LogP contribution in [0.3, 0.4) is 0 Å². The molecule has 0 bridgehead atoms. The molecule has 3 aromatic rings. The van der Waals surface area contributed by atoms with Crippen molar-refractivity contribution in [3.8, 4) is 11.3 Å². The van der Waals surface area contributed by atoms with E-state index in [1.165, 1.54) is 12.1 Å². The number of aryl methyl sites for hydroxylation is 1. The Balaban J connectivity index is 1.79. The SMILES string of the molecule is Cc1cc(-c2cnc(N(C)C)nc2[C@@H]2CCCCN2C(=O)c2cccc(F)c2)on1. The summed E-state index contributed by atoms with van der Waals surface area (Å²) in [6.45, 7) is 2.43. The van der Waals surface area contributed by atoms with Gasteiger partial charge in [0.05, 0.1) is 23.0 Å². The molecule has 0 saturated carbocycles. The quantitative estimate of drug-likeness (QED) is 0.648. The van der Waals surface area contributed by atoms with Crippen LogP contribution in [-0.4, -0.2) is 46.6 Å². The predicted molar refractivity (Wildman–Crippen MR) is 111 cm³/mol. The summed E-state index contributed by atoms with van der Waals surface area (Å²) in [5.41, 5.74) is 2.52. The largest absolute Gasteiger partial charge is 0.356 e. The van der Waals surface area contributed by atoms with E-state index in [0.717, 1.165) is 25.0 Å². The van der Waals surface area contributed by atoms with Crippen LogP contribution in [0.5, 0.6) is 0 Å². The molecule has 1 atom stereocenters. The Morgan fingerprint density at radius 2 is 2.10 bits per heavy atom. The first-order valence-electron chi connectivity index (χ1n) is 9.98. The van der Waals surface area contributed by atoms with Crippen molar-refractivity contribution in [2.24, 2.45) is 0 Å².